The number of benzene rings is 7. The fourth-order valence-electron chi connectivity index (χ4n) is 10.1. The Hall–Kier alpha value is -6.00. The Morgan fingerprint density at radius 2 is 1.36 bits per heavy atom. The third kappa shape index (κ3) is 5.96. The van der Waals surface area contributed by atoms with Gasteiger partial charge in [0.2, 0.25) is 0 Å². The predicted octanol–water partition coefficient (Wildman–Crippen LogP) is 13.0. The van der Waals surface area contributed by atoms with E-state index in [1.807, 2.05) is 0 Å². The maximum atomic E-state index is 7.10. The summed E-state index contributed by atoms with van der Waals surface area (Å²) in [6.07, 6.45) is 7.92. The summed E-state index contributed by atoms with van der Waals surface area (Å²) in [5.41, 5.74) is 14.7. The highest BCUT2D eigenvalue weighted by molar-refractivity contribution is 6.98. The molecule has 58 heavy (non-hydrogen) atoms. The molecule has 286 valence electrons. The molecule has 0 saturated carbocycles. The number of para-hydroxylation sites is 3. The van der Waals surface area contributed by atoms with Crippen molar-refractivity contribution in [3.63, 3.8) is 0 Å². The fraction of sp³-hybridized carbons (Fsp3) is 0.222. The first-order chi connectivity index (χ1) is 28.3. The van der Waals surface area contributed by atoms with E-state index in [9.17, 15) is 0 Å². The van der Waals surface area contributed by atoms with E-state index in [-0.39, 0.29) is 12.1 Å². The fourth-order valence-corrected chi connectivity index (χ4v) is 10.1. The number of ether oxygens (including phenoxy) is 2. The summed E-state index contributed by atoms with van der Waals surface area (Å²) in [5.74, 6) is 4.32. The number of aryl methyl sites for hydroxylation is 1. The third-order valence-corrected chi connectivity index (χ3v) is 13.0. The minimum atomic E-state index is -0.266. The van der Waals surface area contributed by atoms with Gasteiger partial charge in [0.05, 0.1) is 5.69 Å². The van der Waals surface area contributed by atoms with Crippen LogP contribution in [0.4, 0.5) is 17.1 Å². The highest BCUT2D eigenvalue weighted by Crippen LogP contribution is 2.53. The molecule has 0 aromatic heterocycles. The van der Waals surface area contributed by atoms with E-state index in [0.717, 1.165) is 71.9 Å². The molecule has 2 aliphatic heterocycles. The van der Waals surface area contributed by atoms with E-state index in [1.165, 1.54) is 55.2 Å². The second-order valence-electron chi connectivity index (χ2n) is 17.1. The average molecular weight is 756 g/mol. The van der Waals surface area contributed by atoms with Crippen molar-refractivity contribution in [3.05, 3.63) is 168 Å². The molecule has 3 aliphatic rings. The van der Waals surface area contributed by atoms with Crippen LogP contribution in [-0.2, 0) is 11.8 Å². The lowest BCUT2D eigenvalue weighted by molar-refractivity contribution is 0.461. The van der Waals surface area contributed by atoms with Crippen molar-refractivity contribution in [1.29, 1.82) is 0 Å². The Morgan fingerprint density at radius 1 is 0.672 bits per heavy atom. The van der Waals surface area contributed by atoms with Gasteiger partial charge in [0.25, 0.3) is 6.71 Å². The molecule has 2 heterocycles. The smallest absolute Gasteiger partial charge is 0.260 e. The van der Waals surface area contributed by atoms with Crippen molar-refractivity contribution in [2.75, 3.05) is 4.90 Å². The van der Waals surface area contributed by atoms with Gasteiger partial charge in [0.15, 0.2) is 0 Å². The van der Waals surface area contributed by atoms with Gasteiger partial charge in [-0.2, -0.15) is 0 Å². The summed E-state index contributed by atoms with van der Waals surface area (Å²) < 4.78 is 13.8. The van der Waals surface area contributed by atoms with Gasteiger partial charge in [-0.3, -0.25) is 0 Å². The number of fused-ring (bicyclic) bond motifs is 6. The largest absolute Gasteiger partial charge is 0.458 e. The van der Waals surface area contributed by atoms with Gasteiger partial charge in [0.1, 0.15) is 23.0 Å². The van der Waals surface area contributed by atoms with Crippen molar-refractivity contribution in [2.24, 2.45) is 5.92 Å². The van der Waals surface area contributed by atoms with E-state index < -0.39 is 0 Å². The first-order valence-corrected chi connectivity index (χ1v) is 21.3. The van der Waals surface area contributed by atoms with Crippen LogP contribution in [0, 0.1) is 5.92 Å². The van der Waals surface area contributed by atoms with Crippen LogP contribution in [0.3, 0.4) is 0 Å². The summed E-state index contributed by atoms with van der Waals surface area (Å²) >= 11 is 0. The van der Waals surface area contributed by atoms with Crippen LogP contribution < -0.4 is 30.8 Å². The Bertz CT molecular complexity index is 2690. The zero-order valence-corrected chi connectivity index (χ0v) is 34.3. The number of anilines is 3. The number of rotatable bonds is 10. The quantitative estimate of drug-likeness (QED) is 0.102. The molecule has 1 unspecified atom stereocenters. The van der Waals surface area contributed by atoms with Crippen LogP contribution in [0.15, 0.2) is 151 Å². The third-order valence-electron chi connectivity index (χ3n) is 13.0. The van der Waals surface area contributed by atoms with E-state index >= 15 is 0 Å². The van der Waals surface area contributed by atoms with Crippen LogP contribution >= 0.6 is 0 Å². The minimum absolute atomic E-state index is 0.0175. The first kappa shape index (κ1) is 36.4. The lowest BCUT2D eigenvalue weighted by Crippen LogP contribution is -2.57. The van der Waals surface area contributed by atoms with Crippen molar-refractivity contribution in [3.8, 4) is 34.1 Å². The Kier molecular flexibility index (Phi) is 9.05. The molecule has 0 bridgehead atoms. The highest BCUT2D eigenvalue weighted by atomic mass is 16.5. The van der Waals surface area contributed by atoms with Gasteiger partial charge in [0, 0.05) is 27.6 Å². The molecule has 0 N–H and O–H groups in total. The molecular weight excluding hydrogens is 705 g/mol. The molecular formula is C54H50BNO2. The minimum Gasteiger partial charge on any atom is -0.458 e. The molecule has 3 nitrogen and oxygen atoms in total. The van der Waals surface area contributed by atoms with Gasteiger partial charge in [-0.15, -0.1) is 0 Å². The van der Waals surface area contributed by atoms with Gasteiger partial charge >= 0.3 is 0 Å². The Morgan fingerprint density at radius 3 is 2.07 bits per heavy atom. The second kappa shape index (κ2) is 14.4. The molecule has 0 spiro atoms. The molecule has 4 heteroatoms. The number of hydrogen-bond acceptors (Lipinski definition) is 3. The molecule has 7 aromatic rings. The summed E-state index contributed by atoms with van der Waals surface area (Å²) in [7, 11) is 0. The average Bonchev–Trinajstić information content (AvgIpc) is 3.25. The molecule has 1 aliphatic carbocycles. The maximum absolute atomic E-state index is 7.10. The lowest BCUT2D eigenvalue weighted by Gasteiger charge is -2.39. The summed E-state index contributed by atoms with van der Waals surface area (Å²) in [6, 6.07) is 51.0. The molecule has 0 saturated heterocycles. The van der Waals surface area contributed by atoms with Crippen LogP contribution in [0.2, 0.25) is 0 Å². The van der Waals surface area contributed by atoms with Gasteiger partial charge < -0.3 is 14.4 Å². The van der Waals surface area contributed by atoms with Crippen molar-refractivity contribution < 1.29 is 9.47 Å². The molecule has 0 radical (unpaired) electrons. The molecule has 7 aromatic carbocycles. The first-order valence-electron chi connectivity index (χ1n) is 21.3. The monoisotopic (exact) mass is 755 g/mol. The predicted molar refractivity (Wildman–Crippen MR) is 245 cm³/mol. The van der Waals surface area contributed by atoms with E-state index in [1.54, 1.807) is 5.57 Å². The molecule has 10 rings (SSSR count). The van der Waals surface area contributed by atoms with Crippen LogP contribution in [0.1, 0.15) is 77.0 Å². The standard InChI is InChI=1S/C54H50BNO2/c1-6-17-36(7-2)30-35(3)26-27-37-31-50-53-51(32-37)58-49-33-42-40-28-29-47(56(38-18-10-8-11-19-38)39-20-12-9-13-21-39)41-22-16-23-43(52(40)41)54(4,5)44(42)34-46(49)55(53)45-24-14-15-25-48(45)57-50/h8-25,28-29,31-35H,6-7,26-27,30H2,1-5H3/b36-17-. The SMILES string of the molecule is CC/C=C(/CC)CC(C)CCc1cc2c3c(c1)Oc1cc4c(cc1B3c1ccccc1O2)C(C)(C)c1cccc2c(N(c3ccccc3)c3ccccc3)ccc-4c12. The molecule has 0 fully saturated rings. The molecule has 0 amide bonds. The number of nitrogens with zero attached hydrogens (tertiary/aromatic N) is 1. The number of allylic oxidation sites excluding steroid dienone is 2. The van der Waals surface area contributed by atoms with Gasteiger partial charge in [-0.25, -0.2) is 0 Å². The Balaban J connectivity index is 1.11. The van der Waals surface area contributed by atoms with Gasteiger partial charge in [-0.05, 0) is 137 Å². The summed E-state index contributed by atoms with van der Waals surface area (Å²) in [5, 5.41) is 2.55. The zero-order chi connectivity index (χ0) is 39.5. The van der Waals surface area contributed by atoms with Crippen molar-refractivity contribution in [2.45, 2.75) is 72.1 Å². The lowest BCUT2D eigenvalue weighted by atomic mass is 9.34. The van der Waals surface area contributed by atoms with Crippen molar-refractivity contribution in [1.82, 2.24) is 0 Å². The van der Waals surface area contributed by atoms with Crippen LogP contribution in [0.5, 0.6) is 23.0 Å². The Labute approximate surface area is 344 Å². The van der Waals surface area contributed by atoms with Crippen molar-refractivity contribution >= 4 is 50.9 Å². The van der Waals surface area contributed by atoms with Gasteiger partial charge in [-0.1, -0.05) is 131 Å². The highest BCUT2D eigenvalue weighted by Gasteiger charge is 2.43. The second-order valence-corrected chi connectivity index (χ2v) is 17.1. The van der Waals surface area contributed by atoms with Crippen LogP contribution in [0.25, 0.3) is 21.9 Å². The topological polar surface area (TPSA) is 21.7 Å². The summed E-state index contributed by atoms with van der Waals surface area (Å²) in [4.78, 5) is 2.39. The van der Waals surface area contributed by atoms with Crippen LogP contribution in [-0.4, -0.2) is 6.71 Å². The van der Waals surface area contributed by atoms with E-state index in [0.29, 0.717) is 5.92 Å². The maximum Gasteiger partial charge on any atom is 0.260 e. The molecule has 1 atom stereocenters. The number of hydrogen-bond donors (Lipinski definition) is 0. The zero-order valence-electron chi connectivity index (χ0n) is 34.3. The van der Waals surface area contributed by atoms with E-state index in [2.05, 4.69) is 185 Å². The summed E-state index contributed by atoms with van der Waals surface area (Å²) in [6.45, 7) is 11.7. The normalized spacial score (nSPS) is 14.7. The van der Waals surface area contributed by atoms with E-state index in [4.69, 9.17) is 9.47 Å².